The van der Waals surface area contributed by atoms with Gasteiger partial charge >= 0.3 is 5.97 Å². The number of esters is 1. The topological polar surface area (TPSA) is 96.2 Å². The van der Waals surface area contributed by atoms with Gasteiger partial charge in [-0.1, -0.05) is 49.5 Å². The predicted molar refractivity (Wildman–Crippen MR) is 111 cm³/mol. The molecule has 0 spiro atoms. The van der Waals surface area contributed by atoms with E-state index in [1.807, 2.05) is 6.08 Å². The second-order valence-electron chi connectivity index (χ2n) is 8.05. The molecule has 0 saturated heterocycles. The van der Waals surface area contributed by atoms with Crippen molar-refractivity contribution < 1.29 is 29.6 Å². The van der Waals surface area contributed by atoms with Gasteiger partial charge in [-0.25, -0.2) is 4.79 Å². The summed E-state index contributed by atoms with van der Waals surface area (Å²) < 4.78 is 11.4. The molecule has 6 atom stereocenters. The van der Waals surface area contributed by atoms with Crippen molar-refractivity contribution in [2.45, 2.75) is 76.0 Å². The summed E-state index contributed by atoms with van der Waals surface area (Å²) >= 11 is 0. The summed E-state index contributed by atoms with van der Waals surface area (Å²) in [5.41, 5.74) is 0.972. The van der Waals surface area contributed by atoms with Gasteiger partial charge in [-0.05, 0) is 38.0 Å². The van der Waals surface area contributed by atoms with E-state index in [0.29, 0.717) is 18.8 Å². The molecule has 0 aliphatic carbocycles. The zero-order valence-corrected chi connectivity index (χ0v) is 17.2. The van der Waals surface area contributed by atoms with Gasteiger partial charge in [-0.2, -0.15) is 0 Å². The highest BCUT2D eigenvalue weighted by Gasteiger charge is 2.22. The van der Waals surface area contributed by atoms with Gasteiger partial charge in [0.05, 0.1) is 24.9 Å². The molecule has 0 aromatic carbocycles. The Hall–Kier alpha value is -1.73. The van der Waals surface area contributed by atoms with Crippen molar-refractivity contribution in [3.05, 3.63) is 48.6 Å². The lowest BCUT2D eigenvalue weighted by Crippen LogP contribution is -2.33. The molecule has 0 fully saturated rings. The van der Waals surface area contributed by atoms with Crippen LogP contribution in [0.4, 0.5) is 0 Å². The van der Waals surface area contributed by atoms with Crippen LogP contribution in [0.25, 0.3) is 0 Å². The van der Waals surface area contributed by atoms with Gasteiger partial charge in [-0.3, -0.25) is 0 Å². The Morgan fingerprint density at radius 1 is 1.17 bits per heavy atom. The van der Waals surface area contributed by atoms with E-state index in [-0.39, 0.29) is 18.6 Å². The molecule has 2 rings (SSSR count). The van der Waals surface area contributed by atoms with Gasteiger partial charge < -0.3 is 24.8 Å². The molecular formula is C23H34O6. The molecule has 0 radical (unpaired) electrons. The van der Waals surface area contributed by atoms with Gasteiger partial charge in [0.1, 0.15) is 12.2 Å². The van der Waals surface area contributed by atoms with Crippen LogP contribution in [0.2, 0.25) is 0 Å². The molecule has 0 saturated carbocycles. The van der Waals surface area contributed by atoms with Crippen LogP contribution in [-0.2, 0) is 14.3 Å². The van der Waals surface area contributed by atoms with Crippen LogP contribution in [0.3, 0.4) is 0 Å². The first-order valence-electron chi connectivity index (χ1n) is 10.4. The van der Waals surface area contributed by atoms with Crippen molar-refractivity contribution in [3.63, 3.8) is 0 Å². The molecule has 162 valence electrons. The van der Waals surface area contributed by atoms with Crippen molar-refractivity contribution in [2.24, 2.45) is 5.92 Å². The molecule has 0 aromatic heterocycles. The minimum Gasteiger partial charge on any atom is -0.456 e. The third-order valence-corrected chi connectivity index (χ3v) is 5.15. The SMILES string of the molecule is C=C1CC(O)/C=C\CC(C(O)CO)OC(=O)/C=C\CC2C=CCC(CC(C)C1)O2. The van der Waals surface area contributed by atoms with Crippen LogP contribution in [-0.4, -0.2) is 58.4 Å². The third kappa shape index (κ3) is 8.66. The Morgan fingerprint density at radius 2 is 1.93 bits per heavy atom. The molecule has 3 N–H and O–H groups in total. The summed E-state index contributed by atoms with van der Waals surface area (Å²) in [6.07, 6.45) is 11.5. The molecule has 2 aliphatic rings. The maximum Gasteiger partial charge on any atom is 0.330 e. The molecular weight excluding hydrogens is 372 g/mol. The molecule has 2 bridgehead atoms. The third-order valence-electron chi connectivity index (χ3n) is 5.15. The molecule has 6 nitrogen and oxygen atoms in total. The lowest BCUT2D eigenvalue weighted by molar-refractivity contribution is -0.150. The van der Waals surface area contributed by atoms with Gasteiger partial charge in [0.2, 0.25) is 0 Å². The number of aliphatic hydroxyl groups excluding tert-OH is 3. The monoisotopic (exact) mass is 406 g/mol. The summed E-state index contributed by atoms with van der Waals surface area (Å²) in [6, 6.07) is 0. The fraction of sp³-hybridized carbons (Fsp3) is 0.609. The van der Waals surface area contributed by atoms with Gasteiger partial charge in [0.25, 0.3) is 0 Å². The highest BCUT2D eigenvalue weighted by molar-refractivity contribution is 5.82. The van der Waals surface area contributed by atoms with Crippen LogP contribution >= 0.6 is 0 Å². The van der Waals surface area contributed by atoms with E-state index in [9.17, 15) is 20.1 Å². The van der Waals surface area contributed by atoms with E-state index in [0.717, 1.165) is 24.8 Å². The molecule has 2 heterocycles. The van der Waals surface area contributed by atoms with E-state index >= 15 is 0 Å². The standard InChI is InChI=1S/C23H34O6/c1-16-12-17(2)14-20-9-4-7-19(28-20)8-5-11-23(27)29-22(21(26)15-24)10-3-6-18(25)13-16/h3-7,11,17-22,24-26H,1,8-10,12-15H2,2H3/b6-3-,11-5-. The van der Waals surface area contributed by atoms with Crippen LogP contribution in [0, 0.1) is 5.92 Å². The number of fused-ring (bicyclic) bond motifs is 2. The number of aliphatic hydroxyl groups is 3. The van der Waals surface area contributed by atoms with Crippen molar-refractivity contribution in [2.75, 3.05) is 6.61 Å². The first-order valence-corrected chi connectivity index (χ1v) is 10.4. The summed E-state index contributed by atoms with van der Waals surface area (Å²) in [5, 5.41) is 29.4. The number of carbonyl (C=O) groups excluding carboxylic acids is 1. The van der Waals surface area contributed by atoms with Crippen molar-refractivity contribution in [1.29, 1.82) is 0 Å². The maximum atomic E-state index is 12.1. The Kier molecular flexibility index (Phi) is 9.81. The summed E-state index contributed by atoms with van der Waals surface area (Å²) in [7, 11) is 0. The molecule has 0 aromatic rings. The van der Waals surface area contributed by atoms with Crippen molar-refractivity contribution in [3.8, 4) is 0 Å². The second-order valence-corrected chi connectivity index (χ2v) is 8.05. The number of ether oxygens (including phenoxy) is 2. The van der Waals surface area contributed by atoms with Crippen LogP contribution in [0.1, 0.15) is 45.4 Å². The van der Waals surface area contributed by atoms with E-state index in [2.05, 4.69) is 19.6 Å². The zero-order chi connectivity index (χ0) is 21.2. The van der Waals surface area contributed by atoms with E-state index in [1.54, 1.807) is 18.2 Å². The number of cyclic esters (lactones) is 1. The normalized spacial score (nSPS) is 35.8. The zero-order valence-electron chi connectivity index (χ0n) is 17.2. The van der Waals surface area contributed by atoms with Crippen LogP contribution < -0.4 is 0 Å². The van der Waals surface area contributed by atoms with Crippen molar-refractivity contribution in [1.82, 2.24) is 0 Å². The first kappa shape index (κ1) is 23.5. The van der Waals surface area contributed by atoms with Crippen molar-refractivity contribution >= 4 is 5.97 Å². The fourth-order valence-electron chi connectivity index (χ4n) is 3.75. The minimum atomic E-state index is -1.19. The lowest BCUT2D eigenvalue weighted by Gasteiger charge is -2.28. The van der Waals surface area contributed by atoms with Gasteiger partial charge in [-0.15, -0.1) is 0 Å². The van der Waals surface area contributed by atoms with E-state index in [4.69, 9.17) is 9.47 Å². The van der Waals surface area contributed by atoms with Crippen LogP contribution in [0.5, 0.6) is 0 Å². The Labute approximate surface area is 173 Å². The van der Waals surface area contributed by atoms with Crippen LogP contribution in [0.15, 0.2) is 48.6 Å². The number of hydrogen-bond donors (Lipinski definition) is 3. The highest BCUT2D eigenvalue weighted by atomic mass is 16.6. The molecule has 0 amide bonds. The average molecular weight is 407 g/mol. The second kappa shape index (κ2) is 12.1. The number of carbonyl (C=O) groups is 1. The van der Waals surface area contributed by atoms with Gasteiger partial charge in [0.15, 0.2) is 0 Å². The highest BCUT2D eigenvalue weighted by Crippen LogP contribution is 2.25. The number of rotatable bonds is 2. The molecule has 6 heteroatoms. The molecule has 6 unspecified atom stereocenters. The predicted octanol–water partition coefficient (Wildman–Crippen LogP) is 2.59. The first-order chi connectivity index (χ1) is 13.9. The maximum absolute atomic E-state index is 12.1. The van der Waals surface area contributed by atoms with E-state index in [1.165, 1.54) is 6.08 Å². The molecule has 2 aliphatic heterocycles. The largest absolute Gasteiger partial charge is 0.456 e. The minimum absolute atomic E-state index is 0.0873. The summed E-state index contributed by atoms with van der Waals surface area (Å²) in [4.78, 5) is 12.1. The molecule has 29 heavy (non-hydrogen) atoms. The Balaban J connectivity index is 2.11. The Morgan fingerprint density at radius 3 is 2.69 bits per heavy atom. The lowest BCUT2D eigenvalue weighted by atomic mass is 9.91. The smallest absolute Gasteiger partial charge is 0.330 e. The number of hydrogen-bond acceptors (Lipinski definition) is 6. The van der Waals surface area contributed by atoms with E-state index < -0.39 is 30.9 Å². The summed E-state index contributed by atoms with van der Waals surface area (Å²) in [5.74, 6) is -0.194. The Bertz CT molecular complexity index is 623. The fourth-order valence-corrected chi connectivity index (χ4v) is 3.75. The summed E-state index contributed by atoms with van der Waals surface area (Å²) in [6.45, 7) is 5.74. The quantitative estimate of drug-likeness (QED) is 0.482. The van der Waals surface area contributed by atoms with Gasteiger partial charge in [0, 0.05) is 12.5 Å². The average Bonchev–Trinajstić information content (AvgIpc) is 2.65.